The number of hydrogen-bond donors (Lipinski definition) is 0. The minimum atomic E-state index is -0.109. The lowest BCUT2D eigenvalue weighted by atomic mass is 10.0. The van der Waals surface area contributed by atoms with Gasteiger partial charge in [-0.05, 0) is 32.4 Å². The maximum absolute atomic E-state index is 6.06. The fourth-order valence-corrected chi connectivity index (χ4v) is 1.74. The Morgan fingerprint density at radius 3 is 2.88 bits per heavy atom. The van der Waals surface area contributed by atoms with Gasteiger partial charge in [0.25, 0.3) is 0 Å². The molecular formula is C13H19ClN2O. The molecule has 0 aromatic carbocycles. The molecule has 0 spiro atoms. The fourth-order valence-electron chi connectivity index (χ4n) is 1.59. The number of hydrogen-bond acceptors (Lipinski definition) is 3. The van der Waals surface area contributed by atoms with Crippen LogP contribution in [-0.2, 0) is 4.74 Å². The van der Waals surface area contributed by atoms with E-state index in [4.69, 9.17) is 16.3 Å². The zero-order valence-corrected chi connectivity index (χ0v) is 11.5. The van der Waals surface area contributed by atoms with Crippen molar-refractivity contribution in [2.45, 2.75) is 39.8 Å². The van der Waals surface area contributed by atoms with Gasteiger partial charge in [-0.25, -0.2) is 0 Å². The lowest BCUT2D eigenvalue weighted by Gasteiger charge is -2.11. The third kappa shape index (κ3) is 4.10. The lowest BCUT2D eigenvalue weighted by molar-refractivity contribution is 0.0833. The van der Waals surface area contributed by atoms with Crippen LogP contribution >= 0.6 is 11.6 Å². The number of ether oxygens (including phenoxy) is 1. The molecule has 1 aromatic rings. The van der Waals surface area contributed by atoms with Crippen LogP contribution in [0.2, 0.25) is 5.02 Å². The van der Waals surface area contributed by atoms with Gasteiger partial charge in [0.1, 0.15) is 6.23 Å². The minimum Gasteiger partial charge on any atom is -0.357 e. The molecular weight excluding hydrogens is 236 g/mol. The normalized spacial score (nSPS) is 15.1. The second kappa shape index (κ2) is 6.72. The van der Waals surface area contributed by atoms with Gasteiger partial charge in [0, 0.05) is 30.0 Å². The molecule has 2 unspecified atom stereocenters. The van der Waals surface area contributed by atoms with Crippen molar-refractivity contribution in [2.24, 2.45) is 4.99 Å². The third-order valence-corrected chi connectivity index (χ3v) is 2.95. The second-order valence-electron chi connectivity index (χ2n) is 3.94. The summed E-state index contributed by atoms with van der Waals surface area (Å²) in [6.07, 6.45) is 3.48. The highest BCUT2D eigenvalue weighted by atomic mass is 35.5. The topological polar surface area (TPSA) is 34.5 Å². The average molecular weight is 255 g/mol. The van der Waals surface area contributed by atoms with Gasteiger partial charge in [0.05, 0.1) is 5.69 Å². The van der Waals surface area contributed by atoms with Crippen LogP contribution in [0.15, 0.2) is 17.3 Å². The molecule has 1 rings (SSSR count). The Balaban J connectivity index is 2.76. The maximum atomic E-state index is 6.06. The zero-order valence-electron chi connectivity index (χ0n) is 10.8. The summed E-state index contributed by atoms with van der Waals surface area (Å²) in [7, 11) is 0. The SMILES string of the molecule is CCOC(C)/N=C/C(C)c1nccc(Cl)c1C. The molecule has 4 heteroatoms. The standard InChI is InChI=1S/C13H19ClN2O/c1-5-17-11(4)16-8-9(2)13-10(3)12(14)6-7-15-13/h6-9,11H,5H2,1-4H3/b16-8+. The Morgan fingerprint density at radius 1 is 1.53 bits per heavy atom. The number of halogens is 1. The van der Waals surface area contributed by atoms with Gasteiger partial charge in [0.15, 0.2) is 0 Å². The van der Waals surface area contributed by atoms with E-state index in [2.05, 4.69) is 9.98 Å². The molecule has 0 aliphatic rings. The number of aliphatic imine (C=N–C) groups is 1. The van der Waals surface area contributed by atoms with E-state index in [1.807, 2.05) is 33.9 Å². The Labute approximate surface area is 108 Å². The summed E-state index contributed by atoms with van der Waals surface area (Å²) in [6.45, 7) is 8.57. The van der Waals surface area contributed by atoms with Crippen LogP contribution in [0.25, 0.3) is 0 Å². The van der Waals surface area contributed by atoms with Crippen molar-refractivity contribution in [2.75, 3.05) is 6.61 Å². The maximum Gasteiger partial charge on any atom is 0.145 e. The molecule has 0 saturated carbocycles. The lowest BCUT2D eigenvalue weighted by Crippen LogP contribution is -2.07. The molecule has 0 N–H and O–H groups in total. The van der Waals surface area contributed by atoms with Crippen molar-refractivity contribution < 1.29 is 4.74 Å². The van der Waals surface area contributed by atoms with Crippen LogP contribution < -0.4 is 0 Å². The highest BCUT2D eigenvalue weighted by Gasteiger charge is 2.10. The molecule has 0 aliphatic heterocycles. The first-order valence-electron chi connectivity index (χ1n) is 5.82. The minimum absolute atomic E-state index is 0.109. The summed E-state index contributed by atoms with van der Waals surface area (Å²) in [4.78, 5) is 8.68. The first-order chi connectivity index (χ1) is 8.06. The van der Waals surface area contributed by atoms with Crippen molar-refractivity contribution in [1.82, 2.24) is 4.98 Å². The fraction of sp³-hybridized carbons (Fsp3) is 0.538. The number of nitrogens with zero attached hydrogens (tertiary/aromatic N) is 2. The first kappa shape index (κ1) is 14.1. The van der Waals surface area contributed by atoms with E-state index in [1.165, 1.54) is 0 Å². The van der Waals surface area contributed by atoms with Gasteiger partial charge in [-0.1, -0.05) is 18.5 Å². The quantitative estimate of drug-likeness (QED) is 0.753. The number of rotatable bonds is 5. The summed E-state index contributed by atoms with van der Waals surface area (Å²) >= 11 is 6.06. The Kier molecular flexibility index (Phi) is 5.59. The molecule has 17 heavy (non-hydrogen) atoms. The van der Waals surface area contributed by atoms with Crippen molar-refractivity contribution in [3.63, 3.8) is 0 Å². The molecule has 0 radical (unpaired) electrons. The molecule has 0 fully saturated rings. The molecule has 1 aromatic heterocycles. The molecule has 94 valence electrons. The van der Waals surface area contributed by atoms with E-state index in [0.29, 0.717) is 6.61 Å². The smallest absolute Gasteiger partial charge is 0.145 e. The van der Waals surface area contributed by atoms with Crippen molar-refractivity contribution in [3.8, 4) is 0 Å². The Morgan fingerprint density at radius 2 is 2.24 bits per heavy atom. The molecule has 1 heterocycles. The first-order valence-corrected chi connectivity index (χ1v) is 6.20. The van der Waals surface area contributed by atoms with Crippen molar-refractivity contribution in [3.05, 3.63) is 28.5 Å². The van der Waals surface area contributed by atoms with Crippen molar-refractivity contribution in [1.29, 1.82) is 0 Å². The van der Waals surface area contributed by atoms with Crippen molar-refractivity contribution >= 4 is 17.8 Å². The van der Waals surface area contributed by atoms with Crippen LogP contribution in [0.1, 0.15) is 37.9 Å². The van der Waals surface area contributed by atoms with Gasteiger partial charge in [0.2, 0.25) is 0 Å². The van der Waals surface area contributed by atoms with Crippen LogP contribution in [0.3, 0.4) is 0 Å². The summed E-state index contributed by atoms with van der Waals surface area (Å²) in [5, 5.41) is 0.744. The summed E-state index contributed by atoms with van der Waals surface area (Å²) in [6, 6.07) is 1.80. The van der Waals surface area contributed by atoms with Gasteiger partial charge in [-0.3, -0.25) is 9.98 Å². The Hall–Kier alpha value is -0.930. The van der Waals surface area contributed by atoms with E-state index in [9.17, 15) is 0 Å². The van der Waals surface area contributed by atoms with E-state index < -0.39 is 0 Å². The summed E-state index contributed by atoms with van der Waals surface area (Å²) in [5.74, 6) is 0.136. The van der Waals surface area contributed by atoms with Crippen LogP contribution in [0, 0.1) is 6.92 Å². The van der Waals surface area contributed by atoms with Crippen LogP contribution in [-0.4, -0.2) is 24.0 Å². The van der Waals surface area contributed by atoms with Gasteiger partial charge in [-0.15, -0.1) is 0 Å². The summed E-state index contributed by atoms with van der Waals surface area (Å²) in [5.41, 5.74) is 1.97. The van der Waals surface area contributed by atoms with E-state index in [1.54, 1.807) is 12.3 Å². The van der Waals surface area contributed by atoms with E-state index >= 15 is 0 Å². The van der Waals surface area contributed by atoms with E-state index in [-0.39, 0.29) is 12.1 Å². The molecule has 3 nitrogen and oxygen atoms in total. The van der Waals surface area contributed by atoms with Gasteiger partial charge < -0.3 is 4.74 Å². The van der Waals surface area contributed by atoms with Gasteiger partial charge in [-0.2, -0.15) is 0 Å². The Bertz CT molecular complexity index is 393. The highest BCUT2D eigenvalue weighted by molar-refractivity contribution is 6.31. The average Bonchev–Trinajstić information content (AvgIpc) is 2.30. The zero-order chi connectivity index (χ0) is 12.8. The van der Waals surface area contributed by atoms with Gasteiger partial charge >= 0.3 is 0 Å². The molecule has 0 aliphatic carbocycles. The number of aromatic nitrogens is 1. The summed E-state index contributed by atoms with van der Waals surface area (Å²) < 4.78 is 5.34. The predicted octanol–water partition coefficient (Wildman–Crippen LogP) is 3.60. The molecule has 0 saturated heterocycles. The predicted molar refractivity (Wildman–Crippen MR) is 72.0 cm³/mol. The van der Waals surface area contributed by atoms with Crippen LogP contribution in [0.5, 0.6) is 0 Å². The second-order valence-corrected chi connectivity index (χ2v) is 4.35. The van der Waals surface area contributed by atoms with E-state index in [0.717, 1.165) is 16.3 Å². The molecule has 0 bridgehead atoms. The molecule has 0 amide bonds. The third-order valence-electron chi connectivity index (χ3n) is 2.54. The largest absolute Gasteiger partial charge is 0.357 e. The molecule has 2 atom stereocenters. The van der Waals surface area contributed by atoms with Crippen LogP contribution in [0.4, 0.5) is 0 Å². The monoisotopic (exact) mass is 254 g/mol. The number of pyridine rings is 1. The highest BCUT2D eigenvalue weighted by Crippen LogP contribution is 2.22.